The smallest absolute Gasteiger partial charge is 0.338 e. The number of benzene rings is 1. The van der Waals surface area contributed by atoms with Crippen LogP contribution in [-0.2, 0) is 22.6 Å². The van der Waals surface area contributed by atoms with Crippen LogP contribution in [0.25, 0.3) is 0 Å². The predicted octanol–water partition coefficient (Wildman–Crippen LogP) is -1.36. The second kappa shape index (κ2) is 11.0. The number of rotatable bonds is 10. The van der Waals surface area contributed by atoms with Crippen molar-refractivity contribution in [2.75, 3.05) is 13.2 Å². The number of esters is 2. The minimum absolute atomic E-state index is 0.0822. The zero-order valence-corrected chi connectivity index (χ0v) is 17.2. The highest BCUT2D eigenvalue weighted by Crippen LogP contribution is 2.08. The van der Waals surface area contributed by atoms with Gasteiger partial charge in [0.05, 0.1) is 30.3 Å². The Bertz CT molecular complexity index is 1140. The van der Waals surface area contributed by atoms with Crippen LogP contribution >= 0.6 is 0 Å². The number of hydrogen-bond donors (Lipinski definition) is 3. The molecule has 0 radical (unpaired) electrons. The average Bonchev–Trinajstić information content (AvgIpc) is 2.76. The first-order valence-electron chi connectivity index (χ1n) is 9.49. The van der Waals surface area contributed by atoms with Crippen molar-refractivity contribution in [3.8, 4) is 0 Å². The van der Waals surface area contributed by atoms with E-state index in [1.54, 1.807) is 0 Å². The SMILES string of the molecule is C=CCn1c(=O)[nH]c(=O)n(CC(O)COC(=O)c2ccc(C(=O)OCC(C)O)cc2)c1=O. The standard InChI is InChI=1S/C20H23N3O9/c1-3-8-22-18(28)21-19(29)23(20(22)30)9-15(25)11-32-17(27)14-6-4-13(5-7-14)16(26)31-10-12(2)24/h3-7,12,15,24-25H,1,8-11H2,2H3,(H,21,28,29). The van der Waals surface area contributed by atoms with Crippen molar-refractivity contribution in [1.82, 2.24) is 14.1 Å². The Hall–Kier alpha value is -3.77. The number of hydrogen-bond acceptors (Lipinski definition) is 9. The monoisotopic (exact) mass is 449 g/mol. The van der Waals surface area contributed by atoms with E-state index in [9.17, 15) is 29.1 Å². The molecular formula is C20H23N3O9. The fraction of sp³-hybridized carbons (Fsp3) is 0.350. The summed E-state index contributed by atoms with van der Waals surface area (Å²) < 4.78 is 11.2. The molecule has 2 unspecified atom stereocenters. The third-order valence-electron chi connectivity index (χ3n) is 4.09. The number of nitrogens with one attached hydrogen (secondary N) is 1. The summed E-state index contributed by atoms with van der Waals surface area (Å²) in [5, 5.41) is 19.2. The van der Waals surface area contributed by atoms with Gasteiger partial charge in [-0.2, -0.15) is 0 Å². The van der Waals surface area contributed by atoms with Crippen LogP contribution in [0, 0.1) is 0 Å². The highest BCUT2D eigenvalue weighted by Gasteiger charge is 2.16. The fourth-order valence-corrected chi connectivity index (χ4v) is 2.54. The van der Waals surface area contributed by atoms with Crippen molar-refractivity contribution in [1.29, 1.82) is 0 Å². The minimum Gasteiger partial charge on any atom is -0.459 e. The molecule has 12 heteroatoms. The van der Waals surface area contributed by atoms with Crippen LogP contribution in [0.5, 0.6) is 0 Å². The lowest BCUT2D eigenvalue weighted by Crippen LogP contribution is -2.50. The second-order valence-corrected chi connectivity index (χ2v) is 6.80. The van der Waals surface area contributed by atoms with E-state index in [4.69, 9.17) is 14.6 Å². The summed E-state index contributed by atoms with van der Waals surface area (Å²) in [6, 6.07) is 5.29. The molecule has 1 heterocycles. The van der Waals surface area contributed by atoms with Crippen LogP contribution in [0.4, 0.5) is 0 Å². The summed E-state index contributed by atoms with van der Waals surface area (Å²) >= 11 is 0. The molecule has 0 spiro atoms. The summed E-state index contributed by atoms with van der Waals surface area (Å²) in [6.07, 6.45) is -0.930. The van der Waals surface area contributed by atoms with Crippen LogP contribution < -0.4 is 17.1 Å². The molecule has 0 aliphatic rings. The van der Waals surface area contributed by atoms with Crippen molar-refractivity contribution in [2.24, 2.45) is 0 Å². The third kappa shape index (κ3) is 6.36. The normalized spacial score (nSPS) is 12.6. The molecule has 12 nitrogen and oxygen atoms in total. The first-order chi connectivity index (χ1) is 15.1. The summed E-state index contributed by atoms with van der Waals surface area (Å²) in [7, 11) is 0. The maximum Gasteiger partial charge on any atom is 0.338 e. The highest BCUT2D eigenvalue weighted by molar-refractivity contribution is 5.93. The van der Waals surface area contributed by atoms with Gasteiger partial charge in [0.25, 0.3) is 0 Å². The number of carbonyl (C=O) groups excluding carboxylic acids is 2. The quantitative estimate of drug-likeness (QED) is 0.293. The number of nitrogens with zero attached hydrogens (tertiary/aromatic N) is 2. The molecule has 2 aromatic rings. The summed E-state index contributed by atoms with van der Waals surface area (Å²) in [5.41, 5.74) is -2.62. The van der Waals surface area contributed by atoms with Gasteiger partial charge in [0.1, 0.15) is 19.3 Å². The van der Waals surface area contributed by atoms with Gasteiger partial charge >= 0.3 is 29.0 Å². The molecular weight excluding hydrogens is 426 g/mol. The van der Waals surface area contributed by atoms with Crippen LogP contribution in [0.1, 0.15) is 27.6 Å². The van der Waals surface area contributed by atoms with Crippen LogP contribution in [0.2, 0.25) is 0 Å². The molecule has 2 atom stereocenters. The number of ether oxygens (including phenoxy) is 2. The second-order valence-electron chi connectivity index (χ2n) is 6.80. The molecule has 0 fully saturated rings. The number of H-pyrrole nitrogens is 1. The average molecular weight is 449 g/mol. The van der Waals surface area contributed by atoms with Crippen LogP contribution in [0.3, 0.4) is 0 Å². The molecule has 1 aromatic heterocycles. The van der Waals surface area contributed by atoms with Gasteiger partial charge in [-0.15, -0.1) is 6.58 Å². The van der Waals surface area contributed by atoms with Crippen LogP contribution in [0.15, 0.2) is 51.3 Å². The van der Waals surface area contributed by atoms with E-state index in [0.717, 1.165) is 4.57 Å². The zero-order valence-electron chi connectivity index (χ0n) is 17.2. The Morgan fingerprint density at radius 3 is 2.00 bits per heavy atom. The molecule has 0 aliphatic carbocycles. The van der Waals surface area contributed by atoms with Gasteiger partial charge in [0, 0.05) is 0 Å². The zero-order chi connectivity index (χ0) is 23.8. The van der Waals surface area contributed by atoms with Crippen LogP contribution in [-0.4, -0.2) is 61.7 Å². The van der Waals surface area contributed by atoms with E-state index >= 15 is 0 Å². The Morgan fingerprint density at radius 2 is 1.50 bits per heavy atom. The Balaban J connectivity index is 1.99. The largest absolute Gasteiger partial charge is 0.459 e. The van der Waals surface area contributed by atoms with E-state index in [1.165, 1.54) is 37.3 Å². The molecule has 1 aromatic carbocycles. The van der Waals surface area contributed by atoms with Crippen molar-refractivity contribution < 1.29 is 29.3 Å². The summed E-state index contributed by atoms with van der Waals surface area (Å²) in [4.78, 5) is 61.7. The highest BCUT2D eigenvalue weighted by atomic mass is 16.5. The molecule has 3 N–H and O–H groups in total. The number of aliphatic hydroxyl groups excluding tert-OH is 2. The van der Waals surface area contributed by atoms with E-state index in [0.29, 0.717) is 4.57 Å². The van der Waals surface area contributed by atoms with E-state index in [1.807, 2.05) is 4.98 Å². The first-order valence-corrected chi connectivity index (χ1v) is 9.49. The topological polar surface area (TPSA) is 170 Å². The van der Waals surface area contributed by atoms with E-state index < -0.39 is 54.4 Å². The van der Waals surface area contributed by atoms with Gasteiger partial charge in [-0.3, -0.25) is 4.98 Å². The number of carbonyl (C=O) groups is 2. The lowest BCUT2D eigenvalue weighted by molar-refractivity contribution is 0.0209. The fourth-order valence-electron chi connectivity index (χ4n) is 2.54. The van der Waals surface area contributed by atoms with Gasteiger partial charge < -0.3 is 19.7 Å². The van der Waals surface area contributed by atoms with Crippen molar-refractivity contribution in [3.05, 3.63) is 79.5 Å². The number of allylic oxidation sites excluding steroid dienone is 1. The Labute approximate surface area is 181 Å². The molecule has 0 saturated carbocycles. The summed E-state index contributed by atoms with van der Waals surface area (Å²) in [5.74, 6) is -1.49. The summed E-state index contributed by atoms with van der Waals surface area (Å²) in [6.45, 7) is 3.52. The molecule has 32 heavy (non-hydrogen) atoms. The van der Waals surface area contributed by atoms with E-state index in [-0.39, 0.29) is 24.3 Å². The lowest BCUT2D eigenvalue weighted by Gasteiger charge is -2.13. The predicted molar refractivity (Wildman–Crippen MR) is 110 cm³/mol. The van der Waals surface area contributed by atoms with Gasteiger partial charge in [-0.05, 0) is 31.2 Å². The maximum atomic E-state index is 12.3. The lowest BCUT2D eigenvalue weighted by atomic mass is 10.1. The Kier molecular flexibility index (Phi) is 8.44. The van der Waals surface area contributed by atoms with Crippen molar-refractivity contribution in [3.63, 3.8) is 0 Å². The first kappa shape index (κ1) is 24.5. The third-order valence-corrected chi connectivity index (χ3v) is 4.09. The number of aliphatic hydroxyl groups is 2. The molecule has 0 aliphatic heterocycles. The van der Waals surface area contributed by atoms with Gasteiger partial charge in [0.15, 0.2) is 0 Å². The number of aromatic amines is 1. The van der Waals surface area contributed by atoms with Crippen molar-refractivity contribution >= 4 is 11.9 Å². The van der Waals surface area contributed by atoms with Gasteiger partial charge in [-0.25, -0.2) is 33.1 Å². The Morgan fingerprint density at radius 1 is 1.00 bits per heavy atom. The number of aromatic nitrogens is 3. The molecule has 2 rings (SSSR count). The molecule has 0 amide bonds. The van der Waals surface area contributed by atoms with Crippen molar-refractivity contribution in [2.45, 2.75) is 32.2 Å². The van der Waals surface area contributed by atoms with Gasteiger partial charge in [-0.1, -0.05) is 6.08 Å². The van der Waals surface area contributed by atoms with Gasteiger partial charge in [0.2, 0.25) is 0 Å². The maximum absolute atomic E-state index is 12.3. The molecule has 172 valence electrons. The van der Waals surface area contributed by atoms with E-state index in [2.05, 4.69) is 6.58 Å². The molecule has 0 bridgehead atoms. The minimum atomic E-state index is -1.41. The molecule has 0 saturated heterocycles.